The number of carbonyl (C=O) groups excluding carboxylic acids is 2. The van der Waals surface area contributed by atoms with Crippen LogP contribution in [-0.2, 0) is 11.2 Å². The van der Waals surface area contributed by atoms with E-state index < -0.39 is 11.5 Å². The molecule has 6 heteroatoms. The lowest BCUT2D eigenvalue weighted by Crippen LogP contribution is -2.60. The molecule has 0 radical (unpaired) electrons. The lowest BCUT2D eigenvalue weighted by atomic mass is 9.94. The van der Waals surface area contributed by atoms with Crippen LogP contribution in [0.5, 0.6) is 0 Å². The summed E-state index contributed by atoms with van der Waals surface area (Å²) in [4.78, 5) is 30.1. The van der Waals surface area contributed by atoms with Gasteiger partial charge in [0.05, 0.1) is 17.3 Å². The summed E-state index contributed by atoms with van der Waals surface area (Å²) in [5, 5.41) is 3.66. The largest absolute Gasteiger partial charge is 0.338 e. The van der Waals surface area contributed by atoms with Crippen LogP contribution in [-0.4, -0.2) is 53.0 Å². The summed E-state index contributed by atoms with van der Waals surface area (Å²) >= 11 is 0. The number of amides is 2. The van der Waals surface area contributed by atoms with Crippen molar-refractivity contribution in [3.8, 4) is 0 Å². The lowest BCUT2D eigenvalue weighted by Gasteiger charge is -2.45. The first-order valence-corrected chi connectivity index (χ1v) is 11.6. The molecule has 170 valence electrons. The van der Waals surface area contributed by atoms with Crippen molar-refractivity contribution in [1.82, 2.24) is 15.1 Å². The van der Waals surface area contributed by atoms with E-state index in [2.05, 4.69) is 31.3 Å². The monoisotopic (exact) mass is 437 g/mol. The predicted octanol–water partition coefficient (Wildman–Crippen LogP) is 3.85. The Labute approximate surface area is 189 Å². The van der Waals surface area contributed by atoms with E-state index in [1.165, 1.54) is 12.1 Å². The van der Waals surface area contributed by atoms with Crippen LogP contribution in [0.1, 0.15) is 49.0 Å². The van der Waals surface area contributed by atoms with Gasteiger partial charge in [0, 0.05) is 32.5 Å². The number of likely N-dealkylation sites (tertiary alicyclic amines) is 1. The van der Waals surface area contributed by atoms with E-state index in [0.29, 0.717) is 44.8 Å². The van der Waals surface area contributed by atoms with Crippen LogP contribution in [0, 0.1) is 11.7 Å². The summed E-state index contributed by atoms with van der Waals surface area (Å²) in [7, 11) is 0. The third-order valence-electron chi connectivity index (χ3n) is 6.98. The van der Waals surface area contributed by atoms with Gasteiger partial charge in [-0.05, 0) is 30.0 Å². The van der Waals surface area contributed by atoms with Crippen molar-refractivity contribution in [3.63, 3.8) is 0 Å². The Kier molecular flexibility index (Phi) is 6.60. The summed E-state index contributed by atoms with van der Waals surface area (Å²) in [6, 6.07) is 15.9. The van der Waals surface area contributed by atoms with Crippen LogP contribution in [0.4, 0.5) is 4.39 Å². The van der Waals surface area contributed by atoms with E-state index in [4.69, 9.17) is 0 Å². The highest BCUT2D eigenvalue weighted by Crippen LogP contribution is 2.35. The summed E-state index contributed by atoms with van der Waals surface area (Å²) in [5.41, 5.74) is 0.787. The van der Waals surface area contributed by atoms with E-state index in [1.807, 2.05) is 23.1 Å². The molecule has 1 spiro atoms. The second kappa shape index (κ2) is 9.41. The van der Waals surface area contributed by atoms with E-state index in [-0.39, 0.29) is 23.4 Å². The maximum Gasteiger partial charge on any atom is 0.256 e. The maximum absolute atomic E-state index is 14.1. The number of carbonyl (C=O) groups is 2. The molecular formula is C26H32FN3O2. The molecule has 2 saturated heterocycles. The lowest BCUT2D eigenvalue weighted by molar-refractivity contribution is -0.134. The first kappa shape index (κ1) is 22.5. The van der Waals surface area contributed by atoms with Crippen LogP contribution in [0.15, 0.2) is 54.6 Å². The molecule has 0 unspecified atom stereocenters. The Morgan fingerprint density at radius 1 is 1.12 bits per heavy atom. The second-order valence-electron chi connectivity index (χ2n) is 9.15. The molecule has 2 aliphatic heterocycles. The van der Waals surface area contributed by atoms with Crippen molar-refractivity contribution in [1.29, 1.82) is 0 Å². The highest BCUT2D eigenvalue weighted by Gasteiger charge is 2.51. The maximum atomic E-state index is 14.1. The zero-order valence-corrected chi connectivity index (χ0v) is 18.9. The van der Waals surface area contributed by atoms with Crippen LogP contribution in [0.2, 0.25) is 0 Å². The van der Waals surface area contributed by atoms with Gasteiger partial charge in [-0.3, -0.25) is 14.9 Å². The summed E-state index contributed by atoms with van der Waals surface area (Å²) < 4.78 is 14.1. The van der Waals surface area contributed by atoms with Crippen LogP contribution < -0.4 is 5.32 Å². The van der Waals surface area contributed by atoms with Gasteiger partial charge in [0.25, 0.3) is 5.91 Å². The SMILES string of the molecule is CC[C@@H](C)CN1C(=O)[C@@H](Cc2ccccc2)NC12CCN(C(=O)c1ccccc1F)CC2. The quantitative estimate of drug-likeness (QED) is 0.747. The van der Waals surface area contributed by atoms with Gasteiger partial charge in [0.2, 0.25) is 5.91 Å². The van der Waals surface area contributed by atoms with Gasteiger partial charge in [-0.2, -0.15) is 0 Å². The molecule has 1 N–H and O–H groups in total. The third-order valence-corrected chi connectivity index (χ3v) is 6.98. The van der Waals surface area contributed by atoms with Gasteiger partial charge in [0.15, 0.2) is 0 Å². The molecule has 5 nitrogen and oxygen atoms in total. The van der Waals surface area contributed by atoms with Gasteiger partial charge in [-0.25, -0.2) is 4.39 Å². The number of hydrogen-bond donors (Lipinski definition) is 1. The molecule has 2 aromatic carbocycles. The molecule has 0 saturated carbocycles. The third kappa shape index (κ3) is 4.42. The number of nitrogens with zero attached hydrogens (tertiary/aromatic N) is 2. The Bertz CT molecular complexity index is 957. The van der Waals surface area contributed by atoms with Crippen molar-refractivity contribution < 1.29 is 14.0 Å². The topological polar surface area (TPSA) is 52.7 Å². The van der Waals surface area contributed by atoms with Crippen molar-refractivity contribution >= 4 is 11.8 Å². The first-order chi connectivity index (χ1) is 15.4. The normalized spacial score (nSPS) is 21.2. The smallest absolute Gasteiger partial charge is 0.256 e. The molecule has 2 atom stereocenters. The number of rotatable bonds is 6. The molecule has 4 rings (SSSR count). The van der Waals surface area contributed by atoms with E-state index in [0.717, 1.165) is 12.0 Å². The average molecular weight is 438 g/mol. The molecule has 0 bridgehead atoms. The Hall–Kier alpha value is -2.73. The fourth-order valence-electron chi connectivity index (χ4n) is 4.86. The highest BCUT2D eigenvalue weighted by atomic mass is 19.1. The standard InChI is InChI=1S/C26H32FN3O2/c1-3-19(2)18-30-25(32)23(17-20-9-5-4-6-10-20)28-26(30)13-15-29(16-14-26)24(31)21-11-7-8-12-22(21)27/h4-12,19,23,28H,3,13-18H2,1-2H3/t19-,23-/m1/s1. The minimum Gasteiger partial charge on any atom is -0.338 e. The van der Waals surface area contributed by atoms with Gasteiger partial charge in [-0.1, -0.05) is 62.7 Å². The zero-order chi connectivity index (χ0) is 22.7. The molecule has 2 aliphatic rings. The van der Waals surface area contributed by atoms with Crippen LogP contribution in [0.3, 0.4) is 0 Å². The highest BCUT2D eigenvalue weighted by molar-refractivity contribution is 5.94. The van der Waals surface area contributed by atoms with Gasteiger partial charge in [-0.15, -0.1) is 0 Å². The number of nitrogens with one attached hydrogen (secondary N) is 1. The van der Waals surface area contributed by atoms with Crippen molar-refractivity contribution in [2.75, 3.05) is 19.6 Å². The first-order valence-electron chi connectivity index (χ1n) is 11.6. The number of halogens is 1. The summed E-state index contributed by atoms with van der Waals surface area (Å²) in [6.45, 7) is 5.99. The molecule has 0 aliphatic carbocycles. The molecule has 0 aromatic heterocycles. The number of piperidine rings is 1. The molecule has 2 fully saturated rings. The Morgan fingerprint density at radius 3 is 2.44 bits per heavy atom. The number of benzene rings is 2. The van der Waals surface area contributed by atoms with Crippen molar-refractivity contribution in [2.24, 2.45) is 5.92 Å². The molecule has 2 heterocycles. The van der Waals surface area contributed by atoms with Gasteiger partial charge in [0.1, 0.15) is 5.82 Å². The van der Waals surface area contributed by atoms with Crippen molar-refractivity contribution in [3.05, 3.63) is 71.5 Å². The minimum atomic E-state index is -0.492. The summed E-state index contributed by atoms with van der Waals surface area (Å²) in [5.74, 6) is -0.237. The van der Waals surface area contributed by atoms with Crippen LogP contribution in [0.25, 0.3) is 0 Å². The second-order valence-corrected chi connectivity index (χ2v) is 9.15. The average Bonchev–Trinajstić information content (AvgIpc) is 3.05. The Morgan fingerprint density at radius 2 is 1.78 bits per heavy atom. The minimum absolute atomic E-state index is 0.109. The fraction of sp³-hybridized carbons (Fsp3) is 0.462. The van der Waals surface area contributed by atoms with Gasteiger partial charge >= 0.3 is 0 Å². The molecule has 2 aromatic rings. The van der Waals surface area contributed by atoms with E-state index in [1.54, 1.807) is 17.0 Å². The zero-order valence-electron chi connectivity index (χ0n) is 18.9. The number of hydrogen-bond acceptors (Lipinski definition) is 3. The Balaban J connectivity index is 1.51. The molecule has 2 amide bonds. The van der Waals surface area contributed by atoms with Crippen LogP contribution >= 0.6 is 0 Å². The molecule has 32 heavy (non-hydrogen) atoms. The van der Waals surface area contributed by atoms with Crippen molar-refractivity contribution in [2.45, 2.75) is 51.2 Å². The predicted molar refractivity (Wildman–Crippen MR) is 123 cm³/mol. The van der Waals surface area contributed by atoms with E-state index >= 15 is 0 Å². The van der Waals surface area contributed by atoms with Gasteiger partial charge < -0.3 is 9.80 Å². The summed E-state index contributed by atoms with van der Waals surface area (Å²) in [6.07, 6.45) is 2.93. The fourth-order valence-corrected chi connectivity index (χ4v) is 4.86. The van der Waals surface area contributed by atoms with E-state index in [9.17, 15) is 14.0 Å². The molecular weight excluding hydrogens is 405 g/mol.